The lowest BCUT2D eigenvalue weighted by Gasteiger charge is -2.19. The van der Waals surface area contributed by atoms with Crippen LogP contribution >= 0.6 is 0 Å². The normalized spacial score (nSPS) is 27.6. The number of hydrogen-bond acceptors (Lipinski definition) is 4. The van der Waals surface area contributed by atoms with Gasteiger partial charge in [-0.3, -0.25) is 0 Å². The molecule has 4 nitrogen and oxygen atoms in total. The van der Waals surface area contributed by atoms with Crippen molar-refractivity contribution >= 4 is 5.97 Å². The summed E-state index contributed by atoms with van der Waals surface area (Å²) in [6.07, 6.45) is 21.0. The fraction of sp³-hybridized carbons (Fsp3) is 0.880. The molecule has 0 aromatic rings. The van der Waals surface area contributed by atoms with Crippen LogP contribution in [0.4, 0.5) is 0 Å². The zero-order chi connectivity index (χ0) is 21.0. The maximum atomic E-state index is 12.3. The highest BCUT2D eigenvalue weighted by Crippen LogP contribution is 2.42. The summed E-state index contributed by atoms with van der Waals surface area (Å²) in [6, 6.07) is 0. The number of rotatable bonds is 16. The molecule has 0 bridgehead atoms. The van der Waals surface area contributed by atoms with Gasteiger partial charge in [0.25, 0.3) is 0 Å². The number of hydrogen-bond donors (Lipinski definition) is 0. The predicted molar refractivity (Wildman–Crippen MR) is 118 cm³/mol. The summed E-state index contributed by atoms with van der Waals surface area (Å²) < 4.78 is 17.7. The molecule has 2 heterocycles. The second-order valence-electron chi connectivity index (χ2n) is 8.95. The molecule has 0 aromatic heterocycles. The standard InChI is InChI=1S/C25H44O4/c1-4-6-8-10-12-14-15-17-19-21-23-25(3,29-24(21)26)28-22(27-23)20-18-16-13-11-9-7-5-2/h19,22-23H,4-18,20H2,1-3H3. The van der Waals surface area contributed by atoms with E-state index >= 15 is 0 Å². The molecule has 2 fully saturated rings. The lowest BCUT2D eigenvalue weighted by atomic mass is 10.0. The van der Waals surface area contributed by atoms with Crippen molar-refractivity contribution < 1.29 is 19.0 Å². The minimum absolute atomic E-state index is 0.254. The summed E-state index contributed by atoms with van der Waals surface area (Å²) in [5, 5.41) is 0. The number of fused-ring (bicyclic) bond motifs is 1. The third-order valence-electron chi connectivity index (χ3n) is 6.16. The molecule has 2 saturated heterocycles. The molecule has 0 radical (unpaired) electrons. The van der Waals surface area contributed by atoms with Crippen LogP contribution in [0.25, 0.3) is 0 Å². The third-order valence-corrected chi connectivity index (χ3v) is 6.16. The summed E-state index contributed by atoms with van der Waals surface area (Å²) in [4.78, 5) is 12.3. The van der Waals surface area contributed by atoms with Gasteiger partial charge in [0.15, 0.2) is 12.4 Å². The maximum Gasteiger partial charge on any atom is 0.339 e. The molecule has 3 atom stereocenters. The molecule has 29 heavy (non-hydrogen) atoms. The first-order valence-corrected chi connectivity index (χ1v) is 12.4. The van der Waals surface area contributed by atoms with Crippen molar-refractivity contribution in [3.05, 3.63) is 11.6 Å². The van der Waals surface area contributed by atoms with Crippen LogP contribution in [-0.2, 0) is 19.0 Å². The van der Waals surface area contributed by atoms with Crippen LogP contribution in [0.1, 0.15) is 124 Å². The second kappa shape index (κ2) is 13.4. The maximum absolute atomic E-state index is 12.3. The van der Waals surface area contributed by atoms with E-state index in [1.54, 1.807) is 0 Å². The first-order valence-electron chi connectivity index (χ1n) is 12.4. The quantitative estimate of drug-likeness (QED) is 0.154. The van der Waals surface area contributed by atoms with Crippen LogP contribution in [0.15, 0.2) is 11.6 Å². The van der Waals surface area contributed by atoms with Gasteiger partial charge in [0.2, 0.25) is 5.79 Å². The molecule has 0 spiro atoms. The first-order chi connectivity index (χ1) is 14.1. The highest BCUT2D eigenvalue weighted by atomic mass is 16.8. The van der Waals surface area contributed by atoms with Gasteiger partial charge in [0, 0.05) is 6.92 Å². The largest absolute Gasteiger partial charge is 0.427 e. The van der Waals surface area contributed by atoms with Gasteiger partial charge in [-0.25, -0.2) is 4.79 Å². The van der Waals surface area contributed by atoms with E-state index < -0.39 is 5.79 Å². The molecule has 4 heteroatoms. The highest BCUT2D eigenvalue weighted by Gasteiger charge is 2.58. The zero-order valence-corrected chi connectivity index (χ0v) is 19.2. The van der Waals surface area contributed by atoms with Crippen LogP contribution in [0.3, 0.4) is 0 Å². The van der Waals surface area contributed by atoms with Crippen molar-refractivity contribution in [3.63, 3.8) is 0 Å². The Morgan fingerprint density at radius 1 is 0.828 bits per heavy atom. The van der Waals surface area contributed by atoms with E-state index in [0.29, 0.717) is 5.57 Å². The van der Waals surface area contributed by atoms with Crippen molar-refractivity contribution in [2.24, 2.45) is 0 Å². The number of carbonyl (C=O) groups is 1. The Kier molecular flexibility index (Phi) is 11.3. The molecule has 2 aliphatic rings. The molecule has 0 aromatic carbocycles. The van der Waals surface area contributed by atoms with Crippen LogP contribution in [0.5, 0.6) is 0 Å². The Morgan fingerprint density at radius 3 is 2.00 bits per heavy atom. The van der Waals surface area contributed by atoms with Gasteiger partial charge in [-0.05, 0) is 25.7 Å². The second-order valence-corrected chi connectivity index (χ2v) is 8.95. The lowest BCUT2D eigenvalue weighted by molar-refractivity contribution is -0.206. The van der Waals surface area contributed by atoms with Gasteiger partial charge in [0.05, 0.1) is 5.57 Å². The van der Waals surface area contributed by atoms with E-state index in [1.165, 1.54) is 77.0 Å². The number of carbonyl (C=O) groups excluding carboxylic acids is 1. The minimum Gasteiger partial charge on any atom is -0.427 e. The van der Waals surface area contributed by atoms with Crippen LogP contribution in [-0.4, -0.2) is 24.2 Å². The van der Waals surface area contributed by atoms with E-state index in [9.17, 15) is 4.79 Å². The summed E-state index contributed by atoms with van der Waals surface area (Å²) in [5.74, 6) is -1.20. The molecule has 2 aliphatic heterocycles. The Labute approximate surface area is 178 Å². The minimum atomic E-state index is -0.936. The van der Waals surface area contributed by atoms with Crippen molar-refractivity contribution in [2.45, 2.75) is 142 Å². The summed E-state index contributed by atoms with van der Waals surface area (Å²) in [6.45, 7) is 6.33. The van der Waals surface area contributed by atoms with Crippen LogP contribution < -0.4 is 0 Å². The first kappa shape index (κ1) is 24.4. The van der Waals surface area contributed by atoms with E-state index in [0.717, 1.165) is 25.7 Å². The number of allylic oxidation sites excluding steroid dienone is 1. The molecule has 2 rings (SSSR count). The van der Waals surface area contributed by atoms with Gasteiger partial charge in [0.1, 0.15) is 0 Å². The van der Waals surface area contributed by atoms with Gasteiger partial charge >= 0.3 is 5.97 Å². The SMILES string of the molecule is CCCCCCCCCC=C1C(=O)OC2(C)OC(CCCCCCCCC)OC12. The molecular weight excluding hydrogens is 364 g/mol. The van der Waals surface area contributed by atoms with Crippen LogP contribution in [0.2, 0.25) is 0 Å². The molecule has 0 saturated carbocycles. The van der Waals surface area contributed by atoms with Crippen molar-refractivity contribution in [1.82, 2.24) is 0 Å². The Bertz CT molecular complexity index is 501. The molecule has 168 valence electrons. The molecule has 0 N–H and O–H groups in total. The fourth-order valence-electron chi connectivity index (χ4n) is 4.35. The highest BCUT2D eigenvalue weighted by molar-refractivity contribution is 5.92. The Balaban J connectivity index is 1.67. The lowest BCUT2D eigenvalue weighted by Crippen LogP contribution is -2.33. The molecule has 0 amide bonds. The van der Waals surface area contributed by atoms with E-state index in [2.05, 4.69) is 13.8 Å². The molecular formula is C25H44O4. The van der Waals surface area contributed by atoms with Gasteiger partial charge in [-0.15, -0.1) is 0 Å². The number of esters is 1. The van der Waals surface area contributed by atoms with Crippen molar-refractivity contribution in [1.29, 1.82) is 0 Å². The number of unbranched alkanes of at least 4 members (excludes halogenated alkanes) is 13. The van der Waals surface area contributed by atoms with Crippen LogP contribution in [0, 0.1) is 0 Å². The summed E-state index contributed by atoms with van der Waals surface area (Å²) >= 11 is 0. The molecule has 0 aliphatic carbocycles. The van der Waals surface area contributed by atoms with Gasteiger partial charge in [-0.2, -0.15) is 0 Å². The van der Waals surface area contributed by atoms with Gasteiger partial charge < -0.3 is 14.2 Å². The smallest absolute Gasteiger partial charge is 0.339 e. The van der Waals surface area contributed by atoms with E-state index in [-0.39, 0.29) is 18.4 Å². The van der Waals surface area contributed by atoms with Crippen molar-refractivity contribution in [2.75, 3.05) is 0 Å². The fourth-order valence-corrected chi connectivity index (χ4v) is 4.35. The topological polar surface area (TPSA) is 44.8 Å². The van der Waals surface area contributed by atoms with E-state index in [4.69, 9.17) is 14.2 Å². The average Bonchev–Trinajstić information content (AvgIpc) is 3.12. The monoisotopic (exact) mass is 408 g/mol. The summed E-state index contributed by atoms with van der Waals surface area (Å²) in [5.41, 5.74) is 0.667. The Morgan fingerprint density at radius 2 is 1.38 bits per heavy atom. The number of ether oxygens (including phenoxy) is 3. The average molecular weight is 409 g/mol. The summed E-state index contributed by atoms with van der Waals surface area (Å²) in [7, 11) is 0. The zero-order valence-electron chi connectivity index (χ0n) is 19.2. The third kappa shape index (κ3) is 8.05. The predicted octanol–water partition coefficient (Wildman–Crippen LogP) is 7.21. The Hall–Kier alpha value is -0.870. The molecule has 3 unspecified atom stereocenters. The van der Waals surface area contributed by atoms with E-state index in [1.807, 2.05) is 13.0 Å². The van der Waals surface area contributed by atoms with Gasteiger partial charge in [-0.1, -0.05) is 97.0 Å². The van der Waals surface area contributed by atoms with Crippen molar-refractivity contribution in [3.8, 4) is 0 Å².